The average Bonchev–Trinajstić information content (AvgIpc) is 3.20. The van der Waals surface area contributed by atoms with Gasteiger partial charge in [-0.2, -0.15) is 5.10 Å². The molecule has 2 aromatic carbocycles. The SMILES string of the molecule is C=C(C[C@@H](Cc1cc(F)cc(F)c1)C(=C)N(C)c1ccc(C)cc1)Cn1ncc2c1CCCC2. The molecule has 178 valence electrons. The van der Waals surface area contributed by atoms with Crippen molar-refractivity contribution in [2.45, 2.75) is 52.0 Å². The molecule has 1 aliphatic rings. The van der Waals surface area contributed by atoms with Crippen LogP contribution in [0.2, 0.25) is 0 Å². The second-order valence-electron chi connectivity index (χ2n) is 9.50. The summed E-state index contributed by atoms with van der Waals surface area (Å²) in [5.41, 5.74) is 7.39. The molecule has 0 fully saturated rings. The van der Waals surface area contributed by atoms with Crippen LogP contribution < -0.4 is 4.90 Å². The number of rotatable bonds is 9. The lowest BCUT2D eigenvalue weighted by Gasteiger charge is -2.30. The Morgan fingerprint density at radius 2 is 1.74 bits per heavy atom. The molecule has 0 spiro atoms. The number of aromatic nitrogens is 2. The Morgan fingerprint density at radius 3 is 2.44 bits per heavy atom. The van der Waals surface area contributed by atoms with E-state index in [1.165, 1.54) is 41.8 Å². The minimum Gasteiger partial charge on any atom is -0.348 e. The zero-order valence-electron chi connectivity index (χ0n) is 20.2. The zero-order valence-corrected chi connectivity index (χ0v) is 20.2. The zero-order chi connectivity index (χ0) is 24.2. The maximum atomic E-state index is 13.9. The predicted octanol–water partition coefficient (Wildman–Crippen LogP) is 6.80. The third-order valence-electron chi connectivity index (χ3n) is 6.78. The van der Waals surface area contributed by atoms with Crippen molar-refractivity contribution in [1.29, 1.82) is 0 Å². The number of nitrogens with zero attached hydrogens (tertiary/aromatic N) is 3. The van der Waals surface area contributed by atoms with Gasteiger partial charge in [0, 0.05) is 36.1 Å². The van der Waals surface area contributed by atoms with E-state index in [0.717, 1.165) is 35.9 Å². The largest absolute Gasteiger partial charge is 0.348 e. The lowest BCUT2D eigenvalue weighted by molar-refractivity contribution is 0.532. The van der Waals surface area contributed by atoms with Gasteiger partial charge in [0.1, 0.15) is 11.6 Å². The van der Waals surface area contributed by atoms with E-state index in [0.29, 0.717) is 24.9 Å². The normalized spacial score (nSPS) is 13.9. The van der Waals surface area contributed by atoms with Gasteiger partial charge < -0.3 is 4.90 Å². The van der Waals surface area contributed by atoms with Crippen LogP contribution in [0.3, 0.4) is 0 Å². The van der Waals surface area contributed by atoms with Crippen molar-refractivity contribution in [3.8, 4) is 0 Å². The first kappa shape index (κ1) is 23.9. The number of halogens is 2. The molecule has 0 amide bonds. The van der Waals surface area contributed by atoms with Gasteiger partial charge >= 0.3 is 0 Å². The minimum absolute atomic E-state index is 0.0635. The molecule has 0 saturated heterocycles. The molecule has 0 bridgehead atoms. The predicted molar refractivity (Wildman–Crippen MR) is 135 cm³/mol. The van der Waals surface area contributed by atoms with Crippen LogP contribution >= 0.6 is 0 Å². The molecule has 1 atom stereocenters. The summed E-state index contributed by atoms with van der Waals surface area (Å²) in [5, 5.41) is 4.61. The van der Waals surface area contributed by atoms with Crippen molar-refractivity contribution in [2.75, 3.05) is 11.9 Å². The molecule has 34 heavy (non-hydrogen) atoms. The highest BCUT2D eigenvalue weighted by atomic mass is 19.1. The van der Waals surface area contributed by atoms with E-state index in [9.17, 15) is 8.78 Å². The smallest absolute Gasteiger partial charge is 0.126 e. The molecule has 0 saturated carbocycles. The van der Waals surface area contributed by atoms with E-state index < -0.39 is 11.6 Å². The fraction of sp³-hybridized carbons (Fsp3) is 0.345. The van der Waals surface area contributed by atoms with Crippen molar-refractivity contribution < 1.29 is 8.78 Å². The first-order chi connectivity index (χ1) is 16.3. The van der Waals surface area contributed by atoms with E-state index in [2.05, 4.69) is 59.0 Å². The fourth-order valence-electron chi connectivity index (χ4n) is 4.85. The molecule has 1 heterocycles. The number of anilines is 1. The third kappa shape index (κ3) is 5.64. The molecule has 0 N–H and O–H groups in total. The monoisotopic (exact) mass is 461 g/mol. The highest BCUT2D eigenvalue weighted by molar-refractivity contribution is 5.52. The molecular formula is C29H33F2N3. The van der Waals surface area contributed by atoms with Crippen molar-refractivity contribution in [2.24, 2.45) is 5.92 Å². The number of fused-ring (bicyclic) bond motifs is 1. The summed E-state index contributed by atoms with van der Waals surface area (Å²) in [7, 11) is 1.98. The summed E-state index contributed by atoms with van der Waals surface area (Å²) in [5.74, 6) is -1.19. The van der Waals surface area contributed by atoms with Crippen LogP contribution in [0.5, 0.6) is 0 Å². The van der Waals surface area contributed by atoms with Crippen LogP contribution in [0.25, 0.3) is 0 Å². The summed E-state index contributed by atoms with van der Waals surface area (Å²) in [6, 6.07) is 12.0. The van der Waals surface area contributed by atoms with Crippen LogP contribution in [0.1, 0.15) is 41.6 Å². The van der Waals surface area contributed by atoms with E-state index in [-0.39, 0.29) is 5.92 Å². The Bertz CT molecular complexity index is 1160. The Kier molecular flexibility index (Phi) is 7.30. The molecule has 3 nitrogen and oxygen atoms in total. The quantitative estimate of drug-likeness (QED) is 0.327. The standard InChI is InChI=1S/C29H33F2N3/c1-20-9-11-28(12-10-20)33(4)22(3)25(14-23-15-26(30)17-27(31)16-23)13-21(2)19-34-29-8-6-5-7-24(29)18-32-34/h9-12,15-18,25H,2-3,5-8,13-14,19H2,1,4H3/t25-/m0/s1. The summed E-state index contributed by atoms with van der Waals surface area (Å²) in [4.78, 5) is 2.06. The number of hydrogen-bond acceptors (Lipinski definition) is 2. The third-order valence-corrected chi connectivity index (χ3v) is 6.78. The lowest BCUT2D eigenvalue weighted by atomic mass is 9.89. The van der Waals surface area contributed by atoms with Gasteiger partial charge in [0.25, 0.3) is 0 Å². The molecule has 4 rings (SSSR count). The number of allylic oxidation sites excluding steroid dienone is 2. The van der Waals surface area contributed by atoms with Gasteiger partial charge in [0.05, 0.1) is 12.7 Å². The van der Waals surface area contributed by atoms with E-state index in [4.69, 9.17) is 0 Å². The summed E-state index contributed by atoms with van der Waals surface area (Å²) in [6.45, 7) is 11.4. The lowest BCUT2D eigenvalue weighted by Crippen LogP contribution is -2.24. The highest BCUT2D eigenvalue weighted by Gasteiger charge is 2.21. The van der Waals surface area contributed by atoms with Gasteiger partial charge in [-0.3, -0.25) is 4.68 Å². The van der Waals surface area contributed by atoms with Gasteiger partial charge in [-0.1, -0.05) is 36.4 Å². The maximum absolute atomic E-state index is 13.9. The van der Waals surface area contributed by atoms with E-state index >= 15 is 0 Å². The molecule has 0 aliphatic heterocycles. The van der Waals surface area contributed by atoms with Gasteiger partial charge in [-0.25, -0.2) is 8.78 Å². The van der Waals surface area contributed by atoms with Crippen molar-refractivity contribution >= 4 is 5.69 Å². The molecule has 1 aromatic heterocycles. The topological polar surface area (TPSA) is 21.1 Å². The molecule has 3 aromatic rings. The molecule has 0 radical (unpaired) electrons. The van der Waals surface area contributed by atoms with Crippen LogP contribution in [-0.2, 0) is 25.8 Å². The number of benzene rings is 2. The molecular weight excluding hydrogens is 428 g/mol. The van der Waals surface area contributed by atoms with E-state index in [1.807, 2.05) is 13.2 Å². The Balaban J connectivity index is 1.54. The second-order valence-corrected chi connectivity index (χ2v) is 9.50. The number of hydrogen-bond donors (Lipinski definition) is 0. The number of aryl methyl sites for hydroxylation is 2. The fourth-order valence-corrected chi connectivity index (χ4v) is 4.85. The average molecular weight is 462 g/mol. The van der Waals surface area contributed by atoms with Gasteiger partial charge in [-0.15, -0.1) is 0 Å². The van der Waals surface area contributed by atoms with E-state index in [1.54, 1.807) is 0 Å². The highest BCUT2D eigenvalue weighted by Crippen LogP contribution is 2.30. The first-order valence-electron chi connectivity index (χ1n) is 11.9. The van der Waals surface area contributed by atoms with Crippen LogP contribution in [0, 0.1) is 24.5 Å². The Morgan fingerprint density at radius 1 is 1.06 bits per heavy atom. The van der Waals surface area contributed by atoms with Crippen molar-refractivity contribution in [3.05, 3.63) is 107 Å². The Labute approximate surface area is 201 Å². The molecule has 0 unspecified atom stereocenters. The molecule has 1 aliphatic carbocycles. The van der Waals surface area contributed by atoms with Crippen LogP contribution in [0.15, 0.2) is 73.1 Å². The minimum atomic E-state index is -0.562. The molecule has 5 heteroatoms. The first-order valence-corrected chi connectivity index (χ1v) is 11.9. The summed E-state index contributed by atoms with van der Waals surface area (Å²) in [6.07, 6.45) is 7.67. The van der Waals surface area contributed by atoms with Gasteiger partial charge in [-0.05, 0) is 80.8 Å². The van der Waals surface area contributed by atoms with Crippen molar-refractivity contribution in [3.63, 3.8) is 0 Å². The van der Waals surface area contributed by atoms with Crippen molar-refractivity contribution in [1.82, 2.24) is 9.78 Å². The van der Waals surface area contributed by atoms with Gasteiger partial charge in [0.2, 0.25) is 0 Å². The Hall–Kier alpha value is -3.21. The van der Waals surface area contributed by atoms with Gasteiger partial charge in [0.15, 0.2) is 0 Å². The maximum Gasteiger partial charge on any atom is 0.126 e. The summed E-state index contributed by atoms with van der Waals surface area (Å²) < 4.78 is 29.9. The van der Waals surface area contributed by atoms with Crippen LogP contribution in [0.4, 0.5) is 14.5 Å². The second kappa shape index (κ2) is 10.4. The summed E-state index contributed by atoms with van der Waals surface area (Å²) >= 11 is 0. The van der Waals surface area contributed by atoms with Crippen LogP contribution in [-0.4, -0.2) is 16.8 Å².